The average Bonchev–Trinajstić information content (AvgIpc) is 2.82. The molecule has 0 bridgehead atoms. The van der Waals surface area contributed by atoms with Gasteiger partial charge in [0.1, 0.15) is 10.6 Å². The number of aromatic nitrogens is 1. The Hall–Kier alpha value is -1.64. The second kappa shape index (κ2) is 5.78. The van der Waals surface area contributed by atoms with Crippen molar-refractivity contribution < 1.29 is 13.2 Å². The third-order valence-electron chi connectivity index (χ3n) is 2.59. The molecule has 2 aromatic rings. The number of nitrogens with one attached hydrogen (secondary N) is 1. The zero-order valence-electron chi connectivity index (χ0n) is 11.1. The van der Waals surface area contributed by atoms with Crippen LogP contribution in [0, 0.1) is 6.92 Å². The fourth-order valence-corrected chi connectivity index (χ4v) is 3.40. The molecule has 1 heterocycles. The predicted octanol–water partition coefficient (Wildman–Crippen LogP) is 1.52. The van der Waals surface area contributed by atoms with Crippen LogP contribution >= 0.6 is 11.3 Å². The Bertz CT molecular complexity index is 710. The molecule has 0 unspecified atom stereocenters. The molecule has 0 fully saturated rings. The molecule has 3 N–H and O–H groups in total. The van der Waals surface area contributed by atoms with Crippen LogP contribution in [0.1, 0.15) is 10.7 Å². The number of hydrogen-bond acceptors (Lipinski definition) is 6. The van der Waals surface area contributed by atoms with Crippen LogP contribution in [-0.4, -0.2) is 20.5 Å². The number of thiazole rings is 1. The van der Waals surface area contributed by atoms with Crippen LogP contribution in [0.3, 0.4) is 0 Å². The Morgan fingerprint density at radius 1 is 1.45 bits per heavy atom. The summed E-state index contributed by atoms with van der Waals surface area (Å²) in [5.41, 5.74) is 6.74. The maximum atomic E-state index is 12.2. The van der Waals surface area contributed by atoms with Gasteiger partial charge in [-0.3, -0.25) is 0 Å². The zero-order valence-corrected chi connectivity index (χ0v) is 12.7. The predicted molar refractivity (Wildman–Crippen MR) is 78.3 cm³/mol. The highest BCUT2D eigenvalue weighted by Crippen LogP contribution is 2.26. The maximum Gasteiger partial charge on any atom is 0.244 e. The molecule has 1 aromatic carbocycles. The van der Waals surface area contributed by atoms with E-state index in [4.69, 9.17) is 10.5 Å². The van der Waals surface area contributed by atoms with E-state index in [1.54, 1.807) is 0 Å². The Labute approximate surface area is 121 Å². The molecule has 0 aliphatic heterocycles. The molecule has 6 nitrogen and oxygen atoms in total. The number of aryl methyl sites for hydroxylation is 1. The van der Waals surface area contributed by atoms with Gasteiger partial charge in [0.15, 0.2) is 0 Å². The van der Waals surface area contributed by atoms with Crippen molar-refractivity contribution in [1.29, 1.82) is 0 Å². The summed E-state index contributed by atoms with van der Waals surface area (Å²) in [5.74, 6) is 0.215. The van der Waals surface area contributed by atoms with Crippen molar-refractivity contribution >= 4 is 27.0 Å². The number of nitrogens with two attached hydrogens (primary N) is 1. The van der Waals surface area contributed by atoms with Crippen molar-refractivity contribution in [1.82, 2.24) is 9.71 Å². The minimum Gasteiger partial charge on any atom is -0.495 e. The Morgan fingerprint density at radius 3 is 2.80 bits per heavy atom. The first-order valence-electron chi connectivity index (χ1n) is 5.76. The molecule has 8 heteroatoms. The molecule has 2 rings (SSSR count). The normalized spacial score (nSPS) is 11.5. The topological polar surface area (TPSA) is 94.3 Å². The molecule has 0 atom stereocenters. The van der Waals surface area contributed by atoms with Crippen molar-refractivity contribution in [3.05, 3.63) is 34.3 Å². The van der Waals surface area contributed by atoms with Crippen molar-refractivity contribution in [2.24, 2.45) is 0 Å². The van der Waals surface area contributed by atoms with Crippen molar-refractivity contribution in [2.45, 2.75) is 18.4 Å². The highest BCUT2D eigenvalue weighted by Gasteiger charge is 2.19. The van der Waals surface area contributed by atoms with Crippen molar-refractivity contribution in [2.75, 3.05) is 12.8 Å². The lowest BCUT2D eigenvalue weighted by Crippen LogP contribution is -2.24. The van der Waals surface area contributed by atoms with Gasteiger partial charge in [-0.1, -0.05) is 0 Å². The molecule has 0 aliphatic rings. The first kappa shape index (κ1) is 14.8. The van der Waals surface area contributed by atoms with Gasteiger partial charge in [0.2, 0.25) is 10.0 Å². The van der Waals surface area contributed by atoms with Gasteiger partial charge in [-0.05, 0) is 19.1 Å². The number of nitrogens with zero attached hydrogens (tertiary/aromatic N) is 1. The van der Waals surface area contributed by atoms with Crippen molar-refractivity contribution in [3.8, 4) is 5.75 Å². The number of benzene rings is 1. The number of methoxy groups -OCH3 is 1. The van der Waals surface area contributed by atoms with Crippen LogP contribution in [0.4, 0.5) is 5.69 Å². The Morgan fingerprint density at radius 2 is 2.20 bits per heavy atom. The van der Waals surface area contributed by atoms with Crippen LogP contribution in [0.2, 0.25) is 0 Å². The molecule has 0 aliphatic carbocycles. The first-order valence-corrected chi connectivity index (χ1v) is 8.13. The number of rotatable bonds is 5. The summed E-state index contributed by atoms with van der Waals surface area (Å²) in [4.78, 5) is 4.26. The van der Waals surface area contributed by atoms with Crippen LogP contribution in [0.5, 0.6) is 5.75 Å². The van der Waals surface area contributed by atoms with Crippen LogP contribution in [-0.2, 0) is 16.6 Å². The van der Waals surface area contributed by atoms with E-state index < -0.39 is 10.0 Å². The third-order valence-corrected chi connectivity index (χ3v) is 4.85. The van der Waals surface area contributed by atoms with Crippen LogP contribution in [0.25, 0.3) is 0 Å². The molecular weight excluding hydrogens is 298 g/mol. The number of hydrogen-bond donors (Lipinski definition) is 2. The van der Waals surface area contributed by atoms with E-state index >= 15 is 0 Å². The maximum absolute atomic E-state index is 12.2. The zero-order chi connectivity index (χ0) is 14.8. The van der Waals surface area contributed by atoms with E-state index in [1.165, 1.54) is 36.6 Å². The van der Waals surface area contributed by atoms with Gasteiger partial charge < -0.3 is 10.5 Å². The Kier molecular flexibility index (Phi) is 4.26. The fraction of sp³-hybridized carbons (Fsp3) is 0.250. The average molecular weight is 313 g/mol. The summed E-state index contributed by atoms with van der Waals surface area (Å²) < 4.78 is 32.0. The van der Waals surface area contributed by atoms with E-state index in [-0.39, 0.29) is 17.2 Å². The summed E-state index contributed by atoms with van der Waals surface area (Å²) in [6.07, 6.45) is 0. The largest absolute Gasteiger partial charge is 0.495 e. The summed E-state index contributed by atoms with van der Waals surface area (Å²) in [6, 6.07) is 4.41. The van der Waals surface area contributed by atoms with Gasteiger partial charge in [-0.2, -0.15) is 0 Å². The number of nitrogen functional groups attached to an aromatic ring is 1. The van der Waals surface area contributed by atoms with Gasteiger partial charge in [0.25, 0.3) is 0 Å². The van der Waals surface area contributed by atoms with E-state index in [2.05, 4.69) is 9.71 Å². The van der Waals surface area contributed by atoms with E-state index in [0.29, 0.717) is 11.4 Å². The van der Waals surface area contributed by atoms with Gasteiger partial charge in [-0.15, -0.1) is 11.3 Å². The summed E-state index contributed by atoms with van der Waals surface area (Å²) in [7, 11) is -2.27. The lowest BCUT2D eigenvalue weighted by atomic mass is 10.3. The van der Waals surface area contributed by atoms with E-state index in [1.807, 2.05) is 12.3 Å². The van der Waals surface area contributed by atoms with E-state index in [0.717, 1.165) is 5.01 Å². The second-order valence-electron chi connectivity index (χ2n) is 4.09. The number of sulfonamides is 1. The Balaban J connectivity index is 2.22. The highest BCUT2D eigenvalue weighted by atomic mass is 32.2. The number of anilines is 1. The van der Waals surface area contributed by atoms with Crippen LogP contribution < -0.4 is 15.2 Å². The third kappa shape index (κ3) is 3.27. The van der Waals surface area contributed by atoms with Gasteiger partial charge in [0.05, 0.1) is 24.4 Å². The fourth-order valence-electron chi connectivity index (χ4n) is 1.64. The summed E-state index contributed by atoms with van der Waals surface area (Å²) in [6.45, 7) is 2.01. The highest BCUT2D eigenvalue weighted by molar-refractivity contribution is 7.89. The molecule has 0 saturated carbocycles. The monoisotopic (exact) mass is 313 g/mol. The molecule has 0 spiro atoms. The van der Waals surface area contributed by atoms with E-state index in [9.17, 15) is 8.42 Å². The number of ether oxygens (including phenoxy) is 1. The van der Waals surface area contributed by atoms with Gasteiger partial charge in [-0.25, -0.2) is 18.1 Å². The smallest absolute Gasteiger partial charge is 0.244 e. The lowest BCUT2D eigenvalue weighted by molar-refractivity contribution is 0.402. The van der Waals surface area contributed by atoms with Gasteiger partial charge >= 0.3 is 0 Å². The molecule has 108 valence electrons. The molecule has 20 heavy (non-hydrogen) atoms. The molecule has 1 aromatic heterocycles. The first-order chi connectivity index (χ1) is 9.42. The minimum absolute atomic E-state index is 0.0566. The molecule has 0 saturated heterocycles. The molecule has 0 radical (unpaired) electrons. The molecule has 0 amide bonds. The lowest BCUT2D eigenvalue weighted by Gasteiger charge is -2.10. The quantitative estimate of drug-likeness (QED) is 0.816. The SMILES string of the molecule is COc1cc(N)ccc1S(=O)(=O)NCc1csc(C)n1. The van der Waals surface area contributed by atoms with Crippen LogP contribution in [0.15, 0.2) is 28.5 Å². The summed E-state index contributed by atoms with van der Waals surface area (Å²) in [5, 5.41) is 2.71. The molecular formula is C12H15N3O3S2. The van der Waals surface area contributed by atoms with Crippen molar-refractivity contribution in [3.63, 3.8) is 0 Å². The second-order valence-corrected chi connectivity index (χ2v) is 6.89. The summed E-state index contributed by atoms with van der Waals surface area (Å²) >= 11 is 1.47. The minimum atomic E-state index is -3.67. The van der Waals surface area contributed by atoms with Gasteiger partial charge in [0, 0.05) is 17.1 Å². The standard InChI is InChI=1S/C12H15N3O3S2/c1-8-15-10(7-19-8)6-14-20(16,17)12-4-3-9(13)5-11(12)18-2/h3-5,7,14H,6,13H2,1-2H3.